The minimum atomic E-state index is -0.415. The van der Waals surface area contributed by atoms with Gasteiger partial charge in [-0.05, 0) is 0 Å². The largest absolute Gasteiger partial charge is 0.316 e. The number of hydrogen-bond acceptors (Lipinski definition) is 4. The van der Waals surface area contributed by atoms with Crippen molar-refractivity contribution >= 4 is 11.3 Å². The van der Waals surface area contributed by atoms with Crippen LogP contribution in [-0.4, -0.2) is 11.0 Å². The van der Waals surface area contributed by atoms with Crippen LogP contribution in [-0.2, 0) is 6.42 Å². The van der Waals surface area contributed by atoms with Crippen molar-refractivity contribution in [3.8, 4) is 6.07 Å². The summed E-state index contributed by atoms with van der Waals surface area (Å²) in [6, 6.07) is 1.53. The normalized spacial score (nSPS) is 10.8. The standard InChI is InChI=1S/C6H7N3S.C2H6.H2/c7-2-5(8)1-6-3-10-4-9-6;1-2;/h3-5H,1,8H2;1-2H3;1H. The fourth-order valence-corrected chi connectivity index (χ4v) is 1.18. The molecular formula is C8H15N3S. The predicted molar refractivity (Wildman–Crippen MR) is 52.9 cm³/mol. The molecule has 1 aromatic heterocycles. The van der Waals surface area contributed by atoms with Crippen LogP contribution in [0.5, 0.6) is 0 Å². The first-order chi connectivity index (χ1) is 5.83. The van der Waals surface area contributed by atoms with Crippen LogP contribution >= 0.6 is 11.3 Å². The molecule has 0 aliphatic carbocycles. The Morgan fingerprint density at radius 3 is 2.92 bits per heavy atom. The molecule has 0 amide bonds. The van der Waals surface area contributed by atoms with Gasteiger partial charge in [0.05, 0.1) is 23.3 Å². The van der Waals surface area contributed by atoms with Crippen LogP contribution in [0.15, 0.2) is 10.9 Å². The van der Waals surface area contributed by atoms with Gasteiger partial charge in [-0.2, -0.15) is 5.26 Å². The van der Waals surface area contributed by atoms with Crippen molar-refractivity contribution in [2.45, 2.75) is 26.3 Å². The Balaban J connectivity index is 0. The van der Waals surface area contributed by atoms with E-state index in [1.807, 2.05) is 25.3 Å². The van der Waals surface area contributed by atoms with Gasteiger partial charge >= 0.3 is 0 Å². The summed E-state index contributed by atoms with van der Waals surface area (Å²) in [5.74, 6) is 0. The molecule has 0 bridgehead atoms. The second-order valence-corrected chi connectivity index (χ2v) is 2.64. The van der Waals surface area contributed by atoms with Gasteiger partial charge in [-0.25, -0.2) is 4.98 Å². The smallest absolute Gasteiger partial charge is 0.0984 e. The number of nitriles is 1. The first-order valence-electron chi connectivity index (χ1n) is 3.85. The molecule has 0 saturated carbocycles. The van der Waals surface area contributed by atoms with Crippen LogP contribution in [0.2, 0.25) is 0 Å². The van der Waals surface area contributed by atoms with Gasteiger partial charge in [-0.3, -0.25) is 0 Å². The van der Waals surface area contributed by atoms with E-state index < -0.39 is 6.04 Å². The summed E-state index contributed by atoms with van der Waals surface area (Å²) in [7, 11) is 0. The lowest BCUT2D eigenvalue weighted by molar-refractivity contribution is 0.805. The SMILES string of the molecule is CC.N#CC(N)Cc1cscn1.[HH]. The Kier molecular flexibility index (Phi) is 6.25. The molecule has 2 N–H and O–H groups in total. The average molecular weight is 185 g/mol. The number of nitrogens with zero attached hydrogens (tertiary/aromatic N) is 2. The second-order valence-electron chi connectivity index (χ2n) is 1.92. The minimum absolute atomic E-state index is 0. The zero-order valence-corrected chi connectivity index (χ0v) is 8.14. The third kappa shape index (κ3) is 4.06. The third-order valence-electron chi connectivity index (χ3n) is 1.08. The van der Waals surface area contributed by atoms with E-state index in [-0.39, 0.29) is 1.43 Å². The average Bonchev–Trinajstić information content (AvgIpc) is 2.60. The van der Waals surface area contributed by atoms with Crippen molar-refractivity contribution in [3.05, 3.63) is 16.6 Å². The Hall–Kier alpha value is -0.920. The fourth-order valence-electron chi connectivity index (χ4n) is 0.609. The molecule has 1 atom stereocenters. The number of nitrogens with two attached hydrogens (primary N) is 1. The van der Waals surface area contributed by atoms with Crippen LogP contribution in [0.4, 0.5) is 0 Å². The summed E-state index contributed by atoms with van der Waals surface area (Å²) < 4.78 is 0. The number of rotatable bonds is 2. The lowest BCUT2D eigenvalue weighted by atomic mass is 10.2. The van der Waals surface area contributed by atoms with Crippen LogP contribution < -0.4 is 5.73 Å². The van der Waals surface area contributed by atoms with E-state index in [1.165, 1.54) is 11.3 Å². The highest BCUT2D eigenvalue weighted by Crippen LogP contribution is 2.02. The van der Waals surface area contributed by atoms with Crippen molar-refractivity contribution < 1.29 is 1.43 Å². The maximum atomic E-state index is 8.33. The first kappa shape index (κ1) is 11.1. The second kappa shape index (κ2) is 6.77. The number of hydrogen-bond donors (Lipinski definition) is 1. The zero-order chi connectivity index (χ0) is 9.40. The summed E-state index contributed by atoms with van der Waals surface area (Å²) >= 11 is 1.52. The molecule has 12 heavy (non-hydrogen) atoms. The highest BCUT2D eigenvalue weighted by Gasteiger charge is 2.01. The zero-order valence-electron chi connectivity index (χ0n) is 7.32. The Bertz CT molecular complexity index is 230. The number of aromatic nitrogens is 1. The van der Waals surface area contributed by atoms with Gasteiger partial charge in [0, 0.05) is 13.2 Å². The van der Waals surface area contributed by atoms with E-state index >= 15 is 0 Å². The van der Waals surface area contributed by atoms with Gasteiger partial charge in [0.2, 0.25) is 0 Å². The molecule has 1 unspecified atom stereocenters. The molecule has 1 rings (SSSR count). The molecule has 0 saturated heterocycles. The van der Waals surface area contributed by atoms with Crippen molar-refractivity contribution in [2.75, 3.05) is 0 Å². The van der Waals surface area contributed by atoms with Gasteiger partial charge in [0.15, 0.2) is 0 Å². The third-order valence-corrected chi connectivity index (χ3v) is 1.71. The molecule has 0 fully saturated rings. The monoisotopic (exact) mass is 185 g/mol. The van der Waals surface area contributed by atoms with Gasteiger partial charge < -0.3 is 5.73 Å². The summed E-state index contributed by atoms with van der Waals surface area (Å²) in [6.07, 6.45) is 0.556. The molecule has 68 valence electrons. The van der Waals surface area contributed by atoms with Gasteiger partial charge in [-0.1, -0.05) is 13.8 Å². The first-order valence-corrected chi connectivity index (χ1v) is 4.79. The maximum Gasteiger partial charge on any atom is 0.0984 e. The number of thiazole rings is 1. The van der Waals surface area contributed by atoms with Crippen LogP contribution in [0.1, 0.15) is 21.0 Å². The molecule has 0 aliphatic rings. The van der Waals surface area contributed by atoms with Gasteiger partial charge in [0.1, 0.15) is 0 Å². The Morgan fingerprint density at radius 2 is 2.50 bits per heavy atom. The molecule has 1 aromatic rings. The lowest BCUT2D eigenvalue weighted by Crippen LogP contribution is -2.20. The quantitative estimate of drug-likeness (QED) is 0.764. The topological polar surface area (TPSA) is 62.7 Å². The molecule has 0 aliphatic heterocycles. The van der Waals surface area contributed by atoms with E-state index in [9.17, 15) is 0 Å². The van der Waals surface area contributed by atoms with Crippen LogP contribution in [0.3, 0.4) is 0 Å². The van der Waals surface area contributed by atoms with E-state index in [2.05, 4.69) is 4.98 Å². The van der Waals surface area contributed by atoms with Crippen LogP contribution in [0.25, 0.3) is 0 Å². The summed E-state index contributed by atoms with van der Waals surface area (Å²) in [4.78, 5) is 3.99. The van der Waals surface area contributed by atoms with Gasteiger partial charge in [-0.15, -0.1) is 11.3 Å². The molecule has 0 radical (unpaired) electrons. The van der Waals surface area contributed by atoms with E-state index in [4.69, 9.17) is 11.0 Å². The van der Waals surface area contributed by atoms with E-state index in [0.29, 0.717) is 6.42 Å². The molecule has 4 heteroatoms. The highest BCUT2D eigenvalue weighted by molar-refractivity contribution is 7.07. The molecule has 0 aromatic carbocycles. The van der Waals surface area contributed by atoms with Gasteiger partial charge in [0.25, 0.3) is 0 Å². The van der Waals surface area contributed by atoms with Crippen molar-refractivity contribution in [1.29, 1.82) is 5.26 Å². The Morgan fingerprint density at radius 1 is 1.83 bits per heavy atom. The summed E-state index contributed by atoms with van der Waals surface area (Å²) in [5, 5.41) is 10.2. The Labute approximate surface area is 78.3 Å². The summed E-state index contributed by atoms with van der Waals surface area (Å²) in [6.45, 7) is 4.00. The van der Waals surface area contributed by atoms with Crippen molar-refractivity contribution in [2.24, 2.45) is 5.73 Å². The van der Waals surface area contributed by atoms with E-state index in [1.54, 1.807) is 5.51 Å². The van der Waals surface area contributed by atoms with E-state index in [0.717, 1.165) is 5.69 Å². The van der Waals surface area contributed by atoms with Crippen LogP contribution in [0, 0.1) is 11.3 Å². The maximum absolute atomic E-state index is 8.33. The minimum Gasteiger partial charge on any atom is -0.316 e. The predicted octanol–water partition coefficient (Wildman–Crippen LogP) is 1.81. The molecular weight excluding hydrogens is 170 g/mol. The highest BCUT2D eigenvalue weighted by atomic mass is 32.1. The molecule has 3 nitrogen and oxygen atoms in total. The van der Waals surface area contributed by atoms with Crippen molar-refractivity contribution in [1.82, 2.24) is 4.98 Å². The lowest BCUT2D eigenvalue weighted by Gasteiger charge is -1.95. The molecule has 0 spiro atoms. The van der Waals surface area contributed by atoms with Crippen molar-refractivity contribution in [3.63, 3.8) is 0 Å². The fraction of sp³-hybridized carbons (Fsp3) is 0.500. The summed E-state index contributed by atoms with van der Waals surface area (Å²) in [5.41, 5.74) is 8.01. The molecule has 1 heterocycles.